The molecule has 0 radical (unpaired) electrons. The number of benzene rings is 1. The van der Waals surface area contributed by atoms with Gasteiger partial charge in [0.15, 0.2) is 11.5 Å². The van der Waals surface area contributed by atoms with Crippen LogP contribution >= 0.6 is 11.3 Å². The number of nitrogens with zero attached hydrogens (tertiary/aromatic N) is 1. The quantitative estimate of drug-likeness (QED) is 0.754. The number of thiazole rings is 1. The van der Waals surface area contributed by atoms with Crippen molar-refractivity contribution in [1.82, 2.24) is 15.6 Å². The Labute approximate surface area is 152 Å². The molecule has 0 aliphatic carbocycles. The van der Waals surface area contributed by atoms with Crippen LogP contribution in [0.4, 0.5) is 0 Å². The average molecular weight is 363 g/mol. The molecule has 1 aromatic heterocycles. The molecular weight excluding hydrogens is 338 g/mol. The van der Waals surface area contributed by atoms with E-state index in [2.05, 4.69) is 15.6 Å². The molecule has 6 nitrogen and oxygen atoms in total. The Kier molecular flexibility index (Phi) is 6.78. The molecule has 25 heavy (non-hydrogen) atoms. The summed E-state index contributed by atoms with van der Waals surface area (Å²) in [6, 6.07) is 5.84. The molecule has 0 saturated heterocycles. The summed E-state index contributed by atoms with van der Waals surface area (Å²) in [6.07, 6.45) is 0. The highest BCUT2D eigenvalue weighted by molar-refractivity contribution is 7.17. The highest BCUT2D eigenvalue weighted by atomic mass is 32.1. The van der Waals surface area contributed by atoms with Crippen LogP contribution in [0.1, 0.15) is 29.2 Å². The second-order valence-corrected chi connectivity index (χ2v) is 6.67. The number of amides is 1. The van der Waals surface area contributed by atoms with Gasteiger partial charge in [0.2, 0.25) is 0 Å². The van der Waals surface area contributed by atoms with Crippen molar-refractivity contribution in [1.29, 1.82) is 0 Å². The molecule has 0 saturated carbocycles. The molecule has 2 rings (SSSR count). The van der Waals surface area contributed by atoms with E-state index in [1.807, 2.05) is 39.0 Å². The number of likely N-dealkylation sites (N-methyl/N-ethyl adjacent to an activating group) is 1. The Morgan fingerprint density at radius 3 is 2.64 bits per heavy atom. The van der Waals surface area contributed by atoms with E-state index in [9.17, 15) is 4.79 Å². The van der Waals surface area contributed by atoms with Gasteiger partial charge >= 0.3 is 0 Å². The molecule has 1 heterocycles. The molecule has 1 aromatic carbocycles. The first kappa shape index (κ1) is 19.2. The lowest BCUT2D eigenvalue weighted by molar-refractivity contribution is 0.0953. The molecule has 0 aliphatic heterocycles. The summed E-state index contributed by atoms with van der Waals surface area (Å²) < 4.78 is 10.6. The summed E-state index contributed by atoms with van der Waals surface area (Å²) in [6.45, 7) is 7.39. The molecule has 7 heteroatoms. The van der Waals surface area contributed by atoms with Gasteiger partial charge in [0.05, 0.1) is 19.9 Å². The maximum absolute atomic E-state index is 12.4. The van der Waals surface area contributed by atoms with Gasteiger partial charge in [-0.05, 0) is 38.6 Å². The van der Waals surface area contributed by atoms with Gasteiger partial charge in [0.25, 0.3) is 5.91 Å². The topological polar surface area (TPSA) is 72.5 Å². The molecule has 136 valence electrons. The monoisotopic (exact) mass is 363 g/mol. The predicted molar refractivity (Wildman–Crippen MR) is 101 cm³/mol. The van der Waals surface area contributed by atoms with Crippen LogP contribution in [0.15, 0.2) is 18.2 Å². The van der Waals surface area contributed by atoms with Gasteiger partial charge in [0, 0.05) is 18.2 Å². The molecule has 1 atom stereocenters. The minimum absolute atomic E-state index is 0.0912. The van der Waals surface area contributed by atoms with Gasteiger partial charge in [0.1, 0.15) is 9.88 Å². The zero-order valence-electron chi connectivity index (χ0n) is 15.3. The summed E-state index contributed by atoms with van der Waals surface area (Å²) in [5.41, 5.74) is 1.62. The lowest BCUT2D eigenvalue weighted by Gasteiger charge is -2.12. The molecule has 0 aliphatic rings. The first-order valence-electron chi connectivity index (χ1n) is 8.21. The van der Waals surface area contributed by atoms with Gasteiger partial charge in [-0.25, -0.2) is 4.98 Å². The van der Waals surface area contributed by atoms with E-state index < -0.39 is 0 Å². The number of aryl methyl sites for hydroxylation is 1. The highest BCUT2D eigenvalue weighted by Crippen LogP contribution is 2.34. The number of methoxy groups -OCH3 is 2. The Morgan fingerprint density at radius 1 is 1.28 bits per heavy atom. The molecular formula is C18H25N3O3S. The fraction of sp³-hybridized carbons (Fsp3) is 0.444. The van der Waals surface area contributed by atoms with E-state index in [0.29, 0.717) is 22.9 Å². The normalized spacial score (nSPS) is 11.9. The van der Waals surface area contributed by atoms with Gasteiger partial charge in [-0.3, -0.25) is 4.79 Å². The first-order valence-corrected chi connectivity index (χ1v) is 9.03. The van der Waals surface area contributed by atoms with Gasteiger partial charge in [-0.15, -0.1) is 11.3 Å². The minimum Gasteiger partial charge on any atom is -0.493 e. The lowest BCUT2D eigenvalue weighted by Crippen LogP contribution is -2.38. The molecule has 0 bridgehead atoms. The standard InChI is InChI=1S/C18H25N3O3S/c1-6-19-11(2)10-20-17(22)16-12(3)21-18(25-16)13-7-8-14(23-4)15(9-13)24-5/h7-9,11,19H,6,10H2,1-5H3,(H,20,22)/t11-/m1/s1. The predicted octanol–water partition coefficient (Wildman–Crippen LogP) is 2.86. The van der Waals surface area contributed by atoms with Crippen molar-refractivity contribution in [3.8, 4) is 22.1 Å². The van der Waals surface area contributed by atoms with Crippen LogP contribution in [0.2, 0.25) is 0 Å². The SMILES string of the molecule is CCN[C@H](C)CNC(=O)c1sc(-c2ccc(OC)c(OC)c2)nc1C. The van der Waals surface area contributed by atoms with Crippen LogP contribution < -0.4 is 20.1 Å². The number of aromatic nitrogens is 1. The Hall–Kier alpha value is -2.12. The third-order valence-electron chi connectivity index (χ3n) is 3.75. The third-order valence-corrected chi connectivity index (χ3v) is 4.96. The summed E-state index contributed by atoms with van der Waals surface area (Å²) in [5, 5.41) is 7.00. The minimum atomic E-state index is -0.0912. The van der Waals surface area contributed by atoms with Crippen LogP contribution in [0, 0.1) is 6.92 Å². The van der Waals surface area contributed by atoms with Crippen LogP contribution in [-0.2, 0) is 0 Å². The van der Waals surface area contributed by atoms with Crippen molar-refractivity contribution in [2.75, 3.05) is 27.3 Å². The second kappa shape index (κ2) is 8.82. The zero-order chi connectivity index (χ0) is 18.4. The average Bonchev–Trinajstić information content (AvgIpc) is 3.01. The Balaban J connectivity index is 2.18. The van der Waals surface area contributed by atoms with Crippen molar-refractivity contribution >= 4 is 17.2 Å². The fourth-order valence-corrected chi connectivity index (χ4v) is 3.43. The van der Waals surface area contributed by atoms with E-state index in [0.717, 1.165) is 22.8 Å². The molecule has 2 aromatic rings. The van der Waals surface area contributed by atoms with Crippen LogP contribution in [0.25, 0.3) is 10.6 Å². The first-order chi connectivity index (χ1) is 12.0. The van der Waals surface area contributed by atoms with Gasteiger partial charge < -0.3 is 20.1 Å². The third kappa shape index (κ3) is 4.70. The van der Waals surface area contributed by atoms with Crippen LogP contribution in [0.5, 0.6) is 11.5 Å². The largest absolute Gasteiger partial charge is 0.493 e. The van der Waals surface area contributed by atoms with Crippen LogP contribution in [-0.4, -0.2) is 44.2 Å². The summed E-state index contributed by atoms with van der Waals surface area (Å²) >= 11 is 1.38. The lowest BCUT2D eigenvalue weighted by atomic mass is 10.2. The number of nitrogens with one attached hydrogen (secondary N) is 2. The maximum Gasteiger partial charge on any atom is 0.263 e. The smallest absolute Gasteiger partial charge is 0.263 e. The molecule has 0 fully saturated rings. The van der Waals surface area contributed by atoms with E-state index in [-0.39, 0.29) is 11.9 Å². The van der Waals surface area contributed by atoms with Crippen molar-refractivity contribution in [3.63, 3.8) is 0 Å². The fourth-order valence-electron chi connectivity index (χ4n) is 2.45. The molecule has 0 spiro atoms. The van der Waals surface area contributed by atoms with Crippen molar-refractivity contribution < 1.29 is 14.3 Å². The summed E-state index contributed by atoms with van der Waals surface area (Å²) in [5.74, 6) is 1.21. The number of carbonyl (C=O) groups excluding carboxylic acids is 1. The number of carbonyl (C=O) groups is 1. The van der Waals surface area contributed by atoms with Crippen molar-refractivity contribution in [3.05, 3.63) is 28.8 Å². The number of hydrogen-bond donors (Lipinski definition) is 2. The second-order valence-electron chi connectivity index (χ2n) is 5.67. The van der Waals surface area contributed by atoms with Crippen LogP contribution in [0.3, 0.4) is 0 Å². The van der Waals surface area contributed by atoms with E-state index in [4.69, 9.17) is 9.47 Å². The highest BCUT2D eigenvalue weighted by Gasteiger charge is 2.17. The summed E-state index contributed by atoms with van der Waals surface area (Å²) in [4.78, 5) is 17.6. The molecule has 0 unspecified atom stereocenters. The number of hydrogen-bond acceptors (Lipinski definition) is 6. The summed E-state index contributed by atoms with van der Waals surface area (Å²) in [7, 11) is 3.20. The van der Waals surface area contributed by atoms with Gasteiger partial charge in [-0.2, -0.15) is 0 Å². The van der Waals surface area contributed by atoms with E-state index in [1.165, 1.54) is 11.3 Å². The van der Waals surface area contributed by atoms with Gasteiger partial charge in [-0.1, -0.05) is 6.92 Å². The number of rotatable bonds is 8. The molecule has 2 N–H and O–H groups in total. The van der Waals surface area contributed by atoms with E-state index >= 15 is 0 Å². The zero-order valence-corrected chi connectivity index (χ0v) is 16.1. The Bertz CT molecular complexity index is 730. The Morgan fingerprint density at radius 2 is 2.00 bits per heavy atom. The number of ether oxygens (including phenoxy) is 2. The maximum atomic E-state index is 12.4. The van der Waals surface area contributed by atoms with Crippen molar-refractivity contribution in [2.45, 2.75) is 26.8 Å². The van der Waals surface area contributed by atoms with Crippen molar-refractivity contribution in [2.24, 2.45) is 0 Å². The molecule has 1 amide bonds. The van der Waals surface area contributed by atoms with E-state index in [1.54, 1.807) is 14.2 Å².